The second kappa shape index (κ2) is 10.4. The number of nitrogens with one attached hydrogen (secondary N) is 1. The van der Waals surface area contributed by atoms with Gasteiger partial charge >= 0.3 is 12.4 Å². The molecule has 1 aliphatic heterocycles. The zero-order chi connectivity index (χ0) is 28.7. The topological polar surface area (TPSA) is 56.4 Å². The molecule has 5 nitrogen and oxygen atoms in total. The van der Waals surface area contributed by atoms with Gasteiger partial charge in [0.1, 0.15) is 12.6 Å². The van der Waals surface area contributed by atoms with E-state index in [1.54, 1.807) is 30.5 Å². The van der Waals surface area contributed by atoms with Crippen molar-refractivity contribution in [2.45, 2.75) is 37.9 Å². The van der Waals surface area contributed by atoms with Gasteiger partial charge in [0.25, 0.3) is 0 Å². The molecule has 2 amide bonds. The third kappa shape index (κ3) is 5.68. The fourth-order valence-electron chi connectivity index (χ4n) is 5.00. The Bertz CT molecular complexity index is 1510. The van der Waals surface area contributed by atoms with Crippen molar-refractivity contribution in [3.05, 3.63) is 107 Å². The van der Waals surface area contributed by atoms with E-state index in [0.29, 0.717) is 12.1 Å². The second-order valence-electron chi connectivity index (χ2n) is 9.70. The number of nitrogens with zero attached hydrogens (tertiary/aromatic N) is 2. The molecule has 2 heterocycles. The number of benzene rings is 3. The van der Waals surface area contributed by atoms with Crippen LogP contribution < -0.4 is 0 Å². The Balaban J connectivity index is 1.49. The van der Waals surface area contributed by atoms with Gasteiger partial charge in [-0.25, -0.2) is 0 Å². The second-order valence-corrected chi connectivity index (χ2v) is 9.70. The summed E-state index contributed by atoms with van der Waals surface area (Å²) in [5, 5.41) is 0.840. The number of para-hydroxylation sites is 1. The summed E-state index contributed by atoms with van der Waals surface area (Å²) in [4.78, 5) is 32.7. The van der Waals surface area contributed by atoms with Crippen LogP contribution in [0.3, 0.4) is 0 Å². The quantitative estimate of drug-likeness (QED) is 0.287. The molecule has 1 unspecified atom stereocenters. The lowest BCUT2D eigenvalue weighted by molar-refractivity contribution is -0.157. The van der Waals surface area contributed by atoms with Crippen molar-refractivity contribution in [3.8, 4) is 0 Å². The van der Waals surface area contributed by atoms with Gasteiger partial charge in [-0.1, -0.05) is 48.5 Å². The number of hydrogen-bond acceptors (Lipinski definition) is 2. The minimum Gasteiger partial charge on any atom is -0.361 e. The lowest BCUT2D eigenvalue weighted by Gasteiger charge is -2.40. The Labute approximate surface area is 225 Å². The first-order valence-corrected chi connectivity index (χ1v) is 12.4. The molecule has 0 spiro atoms. The van der Waals surface area contributed by atoms with Crippen molar-refractivity contribution in [2.24, 2.45) is 0 Å². The lowest BCUT2D eigenvalue weighted by atomic mass is 9.98. The molecule has 0 aliphatic carbocycles. The number of amides is 2. The number of aromatic amines is 1. The summed E-state index contributed by atoms with van der Waals surface area (Å²) < 4.78 is 80.4. The zero-order valence-corrected chi connectivity index (χ0v) is 20.9. The first-order chi connectivity index (χ1) is 18.9. The molecule has 1 atom stereocenters. The number of piperazine rings is 1. The number of carbonyl (C=O) groups is 2. The van der Waals surface area contributed by atoms with E-state index in [1.807, 2.05) is 30.3 Å². The Morgan fingerprint density at radius 2 is 1.40 bits per heavy atom. The largest absolute Gasteiger partial charge is 0.416 e. The van der Waals surface area contributed by atoms with E-state index in [0.717, 1.165) is 26.9 Å². The first kappa shape index (κ1) is 27.3. The molecule has 1 N–H and O–H groups in total. The fourth-order valence-corrected chi connectivity index (χ4v) is 5.00. The highest BCUT2D eigenvalue weighted by atomic mass is 19.4. The van der Waals surface area contributed by atoms with Gasteiger partial charge in [0.15, 0.2) is 0 Å². The van der Waals surface area contributed by atoms with E-state index in [9.17, 15) is 35.9 Å². The molecule has 11 heteroatoms. The van der Waals surface area contributed by atoms with Gasteiger partial charge in [0.05, 0.1) is 11.1 Å². The summed E-state index contributed by atoms with van der Waals surface area (Å²) in [5.74, 6) is -1.02. The van der Waals surface area contributed by atoms with E-state index >= 15 is 0 Å². The third-order valence-electron chi connectivity index (χ3n) is 6.92. The van der Waals surface area contributed by atoms with Crippen LogP contribution in [-0.4, -0.2) is 39.2 Å². The van der Waals surface area contributed by atoms with Crippen LogP contribution >= 0.6 is 0 Å². The average Bonchev–Trinajstić information content (AvgIpc) is 3.31. The van der Waals surface area contributed by atoms with Crippen LogP contribution in [0.5, 0.6) is 0 Å². The first-order valence-electron chi connectivity index (χ1n) is 12.4. The molecule has 208 valence electrons. The van der Waals surface area contributed by atoms with Crippen molar-refractivity contribution in [3.63, 3.8) is 0 Å². The molecular weight excluding hydrogens is 536 g/mol. The normalized spacial score (nSPS) is 16.7. The van der Waals surface area contributed by atoms with Crippen molar-refractivity contribution in [1.82, 2.24) is 14.8 Å². The smallest absolute Gasteiger partial charge is 0.361 e. The van der Waals surface area contributed by atoms with Gasteiger partial charge < -0.3 is 14.8 Å². The van der Waals surface area contributed by atoms with Gasteiger partial charge in [-0.3, -0.25) is 9.59 Å². The molecule has 1 aromatic heterocycles. The number of fused-ring (bicyclic) bond motifs is 1. The predicted molar refractivity (Wildman–Crippen MR) is 135 cm³/mol. The van der Waals surface area contributed by atoms with Gasteiger partial charge in [0, 0.05) is 36.6 Å². The number of carbonyl (C=O) groups excluding carboxylic acids is 2. The van der Waals surface area contributed by atoms with Gasteiger partial charge in [-0.15, -0.1) is 0 Å². The Kier molecular flexibility index (Phi) is 7.07. The number of rotatable bonds is 6. The maximum absolute atomic E-state index is 13.8. The summed E-state index contributed by atoms with van der Waals surface area (Å²) in [6.45, 7) is -0.942. The molecule has 4 aromatic rings. The zero-order valence-electron chi connectivity index (χ0n) is 20.9. The highest BCUT2D eigenvalue weighted by Gasteiger charge is 2.41. The monoisotopic (exact) mass is 559 g/mol. The molecule has 3 aromatic carbocycles. The minimum atomic E-state index is -5.03. The predicted octanol–water partition coefficient (Wildman–Crippen LogP) is 6.19. The standard InChI is InChI=1S/C29H23F6N3O2/c30-28(31,32)21-10-19(11-22(13-21)29(33,34)35)15-37-17-26(39)38(16-18-6-2-1-3-7-18)25(27(37)40)12-20-14-36-24-9-5-4-8-23(20)24/h1-11,13-14,25,36H,12,15-17H2. The molecule has 1 saturated heterocycles. The van der Waals surface area contributed by atoms with Crippen molar-refractivity contribution in [2.75, 3.05) is 6.54 Å². The molecule has 1 fully saturated rings. The van der Waals surface area contributed by atoms with Crippen LogP contribution in [0.1, 0.15) is 27.8 Å². The van der Waals surface area contributed by atoms with Crippen LogP contribution in [-0.2, 0) is 41.5 Å². The summed E-state index contributed by atoms with van der Waals surface area (Å²) in [6, 6.07) is 16.5. The van der Waals surface area contributed by atoms with Crippen molar-refractivity contribution in [1.29, 1.82) is 0 Å². The fraction of sp³-hybridized carbons (Fsp3) is 0.241. The van der Waals surface area contributed by atoms with E-state index < -0.39 is 54.4 Å². The Morgan fingerprint density at radius 3 is 2.05 bits per heavy atom. The Hall–Kier alpha value is -4.28. The van der Waals surface area contributed by atoms with Crippen LogP contribution in [0.15, 0.2) is 79.0 Å². The maximum atomic E-state index is 13.8. The molecule has 0 bridgehead atoms. The summed E-state index contributed by atoms with van der Waals surface area (Å²) >= 11 is 0. The SMILES string of the molecule is O=C1C(Cc2c[nH]c3ccccc23)N(Cc2ccccc2)C(=O)CN1Cc1cc(C(F)(F)F)cc(C(F)(F)F)c1. The summed E-state index contributed by atoms with van der Waals surface area (Å²) in [7, 11) is 0. The van der Waals surface area contributed by atoms with E-state index in [1.165, 1.54) is 4.90 Å². The maximum Gasteiger partial charge on any atom is 0.416 e. The van der Waals surface area contributed by atoms with Gasteiger partial charge in [-0.2, -0.15) is 26.3 Å². The number of hydrogen-bond donors (Lipinski definition) is 1. The Morgan fingerprint density at radius 1 is 0.775 bits per heavy atom. The number of halogens is 6. The van der Waals surface area contributed by atoms with Crippen LogP contribution in [0.4, 0.5) is 26.3 Å². The van der Waals surface area contributed by atoms with E-state index in [4.69, 9.17) is 0 Å². The van der Waals surface area contributed by atoms with Gasteiger partial charge in [-0.05, 0) is 41.0 Å². The van der Waals surface area contributed by atoms with Gasteiger partial charge in [0.2, 0.25) is 11.8 Å². The number of H-pyrrole nitrogens is 1. The van der Waals surface area contributed by atoms with E-state index in [-0.39, 0.29) is 24.6 Å². The summed E-state index contributed by atoms with van der Waals surface area (Å²) in [5.41, 5.74) is -0.982. The van der Waals surface area contributed by atoms with Crippen molar-refractivity contribution >= 4 is 22.7 Å². The third-order valence-corrected chi connectivity index (χ3v) is 6.92. The van der Waals surface area contributed by atoms with Crippen LogP contribution in [0.2, 0.25) is 0 Å². The molecule has 0 saturated carbocycles. The average molecular weight is 560 g/mol. The number of aromatic nitrogens is 1. The number of alkyl halides is 6. The highest BCUT2D eigenvalue weighted by molar-refractivity contribution is 5.95. The van der Waals surface area contributed by atoms with E-state index in [2.05, 4.69) is 4.98 Å². The molecule has 1 aliphatic rings. The molecular formula is C29H23F6N3O2. The van der Waals surface area contributed by atoms with Crippen molar-refractivity contribution < 1.29 is 35.9 Å². The minimum absolute atomic E-state index is 0.0358. The molecule has 5 rings (SSSR count). The molecule has 0 radical (unpaired) electrons. The van der Waals surface area contributed by atoms with Crippen LogP contribution in [0, 0.1) is 0 Å². The molecule has 40 heavy (non-hydrogen) atoms. The lowest BCUT2D eigenvalue weighted by Crippen LogP contribution is -2.59. The highest BCUT2D eigenvalue weighted by Crippen LogP contribution is 2.37. The van der Waals surface area contributed by atoms with Crippen LogP contribution in [0.25, 0.3) is 10.9 Å². The summed E-state index contributed by atoms with van der Waals surface area (Å²) in [6.07, 6.45) is -8.22.